The number of nitrogens with one attached hydrogen (secondary N) is 1. The highest BCUT2D eigenvalue weighted by molar-refractivity contribution is 7.89. The molecule has 0 saturated carbocycles. The van der Waals surface area contributed by atoms with E-state index >= 15 is 0 Å². The number of nitrogens with zero attached hydrogens (tertiary/aromatic N) is 3. The molecule has 0 spiro atoms. The van der Waals surface area contributed by atoms with Gasteiger partial charge in [-0.25, -0.2) is 13.4 Å². The molecule has 1 amide bonds. The maximum Gasteiger partial charge on any atom is 0.255 e. The van der Waals surface area contributed by atoms with E-state index in [0.29, 0.717) is 29.9 Å². The summed E-state index contributed by atoms with van der Waals surface area (Å²) >= 11 is 0. The van der Waals surface area contributed by atoms with E-state index in [-0.39, 0.29) is 10.8 Å². The van der Waals surface area contributed by atoms with Gasteiger partial charge in [0.05, 0.1) is 16.8 Å². The molecular weight excluding hydrogens is 400 g/mol. The summed E-state index contributed by atoms with van der Waals surface area (Å²) in [6.07, 6.45) is 6.80. The van der Waals surface area contributed by atoms with Crippen molar-refractivity contribution in [2.24, 2.45) is 0 Å². The number of carbonyl (C=O) groups is 1. The van der Waals surface area contributed by atoms with Crippen molar-refractivity contribution in [2.45, 2.75) is 43.9 Å². The molecule has 2 saturated heterocycles. The van der Waals surface area contributed by atoms with Crippen molar-refractivity contribution in [1.29, 1.82) is 0 Å². The number of anilines is 2. The van der Waals surface area contributed by atoms with Crippen molar-refractivity contribution in [3.8, 4) is 0 Å². The molecule has 1 aromatic heterocycles. The Morgan fingerprint density at radius 2 is 1.67 bits per heavy atom. The Bertz CT molecular complexity index is 1010. The minimum Gasteiger partial charge on any atom is -0.357 e. The van der Waals surface area contributed by atoms with Crippen LogP contribution in [0.15, 0.2) is 41.4 Å². The van der Waals surface area contributed by atoms with E-state index in [4.69, 9.17) is 0 Å². The Kier molecular flexibility index (Phi) is 6.06. The summed E-state index contributed by atoms with van der Waals surface area (Å²) < 4.78 is 27.7. The predicted molar refractivity (Wildman–Crippen MR) is 117 cm³/mol. The molecular formula is C22H28N4O3S. The molecule has 7 nitrogen and oxygen atoms in total. The van der Waals surface area contributed by atoms with Crippen LogP contribution in [0.2, 0.25) is 0 Å². The molecule has 0 unspecified atom stereocenters. The molecule has 1 aromatic carbocycles. The quantitative estimate of drug-likeness (QED) is 0.789. The van der Waals surface area contributed by atoms with E-state index in [9.17, 15) is 13.2 Å². The lowest BCUT2D eigenvalue weighted by Gasteiger charge is -2.26. The van der Waals surface area contributed by atoms with Crippen molar-refractivity contribution in [2.75, 3.05) is 36.4 Å². The number of piperidine rings is 1. The van der Waals surface area contributed by atoms with Crippen LogP contribution >= 0.6 is 0 Å². The molecule has 8 heteroatoms. The smallest absolute Gasteiger partial charge is 0.255 e. The Morgan fingerprint density at radius 1 is 0.967 bits per heavy atom. The topological polar surface area (TPSA) is 82.6 Å². The lowest BCUT2D eigenvalue weighted by Crippen LogP contribution is -2.36. The van der Waals surface area contributed by atoms with Gasteiger partial charge >= 0.3 is 0 Å². The maximum atomic E-state index is 13.1. The number of aryl methyl sites for hydroxylation is 1. The zero-order valence-corrected chi connectivity index (χ0v) is 18.1. The fraction of sp³-hybridized carbons (Fsp3) is 0.455. The summed E-state index contributed by atoms with van der Waals surface area (Å²) in [5.74, 6) is 0.566. The first-order valence-electron chi connectivity index (χ1n) is 10.6. The molecule has 160 valence electrons. The van der Waals surface area contributed by atoms with Crippen LogP contribution < -0.4 is 10.2 Å². The third-order valence-electron chi connectivity index (χ3n) is 5.82. The minimum atomic E-state index is -3.60. The van der Waals surface area contributed by atoms with Crippen molar-refractivity contribution < 1.29 is 13.2 Å². The van der Waals surface area contributed by atoms with Crippen LogP contribution in [0, 0.1) is 6.92 Å². The van der Waals surface area contributed by atoms with Gasteiger partial charge in [0, 0.05) is 31.7 Å². The Balaban J connectivity index is 1.51. The Labute approximate surface area is 178 Å². The highest BCUT2D eigenvalue weighted by atomic mass is 32.2. The number of hydrogen-bond acceptors (Lipinski definition) is 5. The largest absolute Gasteiger partial charge is 0.357 e. The van der Waals surface area contributed by atoms with Gasteiger partial charge in [-0.2, -0.15) is 4.31 Å². The first-order chi connectivity index (χ1) is 14.4. The molecule has 0 atom stereocenters. The first kappa shape index (κ1) is 20.8. The number of carbonyl (C=O) groups excluding carboxylic acids is 1. The van der Waals surface area contributed by atoms with Gasteiger partial charge in [-0.1, -0.05) is 12.5 Å². The lowest BCUT2D eigenvalue weighted by atomic mass is 10.1. The zero-order chi connectivity index (χ0) is 21.1. The van der Waals surface area contributed by atoms with Crippen molar-refractivity contribution in [3.05, 3.63) is 47.7 Å². The van der Waals surface area contributed by atoms with Gasteiger partial charge in [-0.05, 0) is 62.4 Å². The van der Waals surface area contributed by atoms with Crippen LogP contribution in [0.1, 0.15) is 48.0 Å². The van der Waals surface area contributed by atoms with Crippen LogP contribution in [0.25, 0.3) is 0 Å². The van der Waals surface area contributed by atoms with E-state index in [1.807, 2.05) is 12.1 Å². The standard InChI is InChI=1S/C22H28N4O3S/c1-17-7-8-18(15-20(17)30(28,29)26-13-3-2-4-14-26)22(27)24-19-9-10-21(23-16-19)25-11-5-6-12-25/h7-10,15-16H,2-6,11-14H2,1H3,(H,24,27). The molecule has 1 N–H and O–H groups in total. The number of rotatable bonds is 5. The molecule has 0 aliphatic carbocycles. The van der Waals surface area contributed by atoms with Crippen molar-refractivity contribution >= 4 is 27.4 Å². The lowest BCUT2D eigenvalue weighted by molar-refractivity contribution is 0.102. The van der Waals surface area contributed by atoms with Crippen LogP contribution in [0.5, 0.6) is 0 Å². The van der Waals surface area contributed by atoms with E-state index in [0.717, 1.165) is 38.2 Å². The Hall–Kier alpha value is -2.45. The Morgan fingerprint density at radius 3 is 2.33 bits per heavy atom. The van der Waals surface area contributed by atoms with Crippen molar-refractivity contribution in [1.82, 2.24) is 9.29 Å². The normalized spacial score (nSPS) is 17.8. The molecule has 0 bridgehead atoms. The van der Waals surface area contributed by atoms with Gasteiger partial charge in [0.1, 0.15) is 5.82 Å². The predicted octanol–water partition coefficient (Wildman–Crippen LogP) is 3.42. The summed E-state index contributed by atoms with van der Waals surface area (Å²) in [5, 5.41) is 2.83. The number of hydrogen-bond donors (Lipinski definition) is 1. The third kappa shape index (κ3) is 4.34. The van der Waals surface area contributed by atoms with E-state index in [1.54, 1.807) is 25.3 Å². The average Bonchev–Trinajstić information content (AvgIpc) is 3.30. The number of benzene rings is 1. The second kappa shape index (κ2) is 8.73. The molecule has 2 aromatic rings. The van der Waals surface area contributed by atoms with Gasteiger partial charge in [0.25, 0.3) is 5.91 Å². The van der Waals surface area contributed by atoms with E-state index in [2.05, 4.69) is 15.2 Å². The van der Waals surface area contributed by atoms with Gasteiger partial charge in [-0.3, -0.25) is 4.79 Å². The fourth-order valence-electron chi connectivity index (χ4n) is 4.06. The molecule has 0 radical (unpaired) electrons. The fourth-order valence-corrected chi connectivity index (χ4v) is 5.83. The SMILES string of the molecule is Cc1ccc(C(=O)Nc2ccc(N3CCCC3)nc2)cc1S(=O)(=O)N1CCCCC1. The zero-order valence-electron chi connectivity index (χ0n) is 17.3. The maximum absolute atomic E-state index is 13.1. The summed E-state index contributed by atoms with van der Waals surface area (Å²) in [6, 6.07) is 8.58. The number of sulfonamides is 1. The summed E-state index contributed by atoms with van der Waals surface area (Å²) in [6.45, 7) is 4.85. The highest BCUT2D eigenvalue weighted by Crippen LogP contribution is 2.25. The summed E-state index contributed by atoms with van der Waals surface area (Å²) in [7, 11) is -3.60. The molecule has 4 rings (SSSR count). The number of aromatic nitrogens is 1. The first-order valence-corrected chi connectivity index (χ1v) is 12.0. The van der Waals surface area contributed by atoms with Crippen LogP contribution in [-0.2, 0) is 10.0 Å². The van der Waals surface area contributed by atoms with Crippen molar-refractivity contribution in [3.63, 3.8) is 0 Å². The molecule has 3 heterocycles. The van der Waals surface area contributed by atoms with Crippen LogP contribution in [-0.4, -0.2) is 49.8 Å². The second-order valence-corrected chi connectivity index (χ2v) is 9.90. The van der Waals surface area contributed by atoms with E-state index < -0.39 is 10.0 Å². The monoisotopic (exact) mass is 428 g/mol. The molecule has 2 aliphatic heterocycles. The van der Waals surface area contributed by atoms with Gasteiger partial charge in [-0.15, -0.1) is 0 Å². The average molecular weight is 429 g/mol. The molecule has 2 aliphatic rings. The number of pyridine rings is 1. The minimum absolute atomic E-state index is 0.208. The molecule has 30 heavy (non-hydrogen) atoms. The third-order valence-corrected chi connectivity index (χ3v) is 7.86. The van der Waals surface area contributed by atoms with Crippen LogP contribution in [0.3, 0.4) is 0 Å². The molecule has 2 fully saturated rings. The number of amides is 1. The van der Waals surface area contributed by atoms with Gasteiger partial charge < -0.3 is 10.2 Å². The summed E-state index contributed by atoms with van der Waals surface area (Å²) in [4.78, 5) is 19.6. The van der Waals surface area contributed by atoms with Gasteiger partial charge in [0.2, 0.25) is 10.0 Å². The summed E-state index contributed by atoms with van der Waals surface area (Å²) in [5.41, 5.74) is 1.55. The van der Waals surface area contributed by atoms with Gasteiger partial charge in [0.15, 0.2) is 0 Å². The van der Waals surface area contributed by atoms with E-state index in [1.165, 1.54) is 23.2 Å². The second-order valence-electron chi connectivity index (χ2n) is 8.00. The van der Waals surface area contributed by atoms with Crippen LogP contribution in [0.4, 0.5) is 11.5 Å². The highest BCUT2D eigenvalue weighted by Gasteiger charge is 2.28.